The Bertz CT molecular complexity index is 646. The Balaban J connectivity index is 2.63. The largest absolute Gasteiger partial charge is 0.310 e. The van der Waals surface area contributed by atoms with Crippen LogP contribution in [0.25, 0.3) is 11.2 Å². The molecule has 0 spiro atoms. The summed E-state index contributed by atoms with van der Waals surface area (Å²) in [6.45, 7) is 9.30. The highest BCUT2D eigenvalue weighted by atomic mass is 35.5. The molecule has 0 aliphatic carbocycles. The van der Waals surface area contributed by atoms with Crippen molar-refractivity contribution in [3.8, 4) is 0 Å². The van der Waals surface area contributed by atoms with Gasteiger partial charge in [0, 0.05) is 35.4 Å². The lowest BCUT2D eigenvalue weighted by Gasteiger charge is -2.15. The molecule has 3 atom stereocenters. The molecule has 5 nitrogen and oxygen atoms in total. The van der Waals surface area contributed by atoms with Crippen molar-refractivity contribution >= 4 is 33.6 Å². The van der Waals surface area contributed by atoms with Crippen LogP contribution in [0.1, 0.15) is 37.7 Å². The summed E-state index contributed by atoms with van der Waals surface area (Å²) in [5.74, 6) is 0.821. The zero-order valence-electron chi connectivity index (χ0n) is 12.6. The maximum atomic E-state index is 11.7. The fourth-order valence-electron chi connectivity index (χ4n) is 2.31. The minimum Gasteiger partial charge on any atom is -0.310 e. The second kappa shape index (κ2) is 5.85. The highest BCUT2D eigenvalue weighted by molar-refractivity contribution is 7.84. The Morgan fingerprint density at radius 1 is 1.40 bits per heavy atom. The number of nitrogens with zero attached hydrogens (tertiary/aromatic N) is 4. The van der Waals surface area contributed by atoms with Crippen molar-refractivity contribution in [2.24, 2.45) is 0 Å². The van der Waals surface area contributed by atoms with Gasteiger partial charge in [-0.15, -0.1) is 11.6 Å². The number of hydrogen-bond acceptors (Lipinski definition) is 3. The molecule has 0 saturated carbocycles. The Kier molecular flexibility index (Phi) is 4.54. The number of rotatable bonds is 5. The van der Waals surface area contributed by atoms with Crippen LogP contribution in [-0.4, -0.2) is 35.0 Å². The lowest BCUT2D eigenvalue weighted by atomic mass is 10.4. The second-order valence-corrected chi connectivity index (χ2v) is 7.54. The molecule has 0 amide bonds. The molecule has 2 aromatic rings. The molecule has 2 rings (SSSR count). The smallest absolute Gasteiger partial charge is 0.159 e. The molecule has 0 saturated heterocycles. The van der Waals surface area contributed by atoms with Crippen molar-refractivity contribution < 1.29 is 4.21 Å². The number of hydrogen-bond donors (Lipinski definition) is 0. The second-order valence-electron chi connectivity index (χ2n) is 5.08. The van der Waals surface area contributed by atoms with Gasteiger partial charge in [0.2, 0.25) is 0 Å². The molecule has 0 aromatic carbocycles. The van der Waals surface area contributed by atoms with Gasteiger partial charge in [-0.25, -0.2) is 9.67 Å². The lowest BCUT2D eigenvalue weighted by Crippen LogP contribution is -2.20. The summed E-state index contributed by atoms with van der Waals surface area (Å²) in [6.07, 6.45) is 1.73. The van der Waals surface area contributed by atoms with E-state index in [1.54, 1.807) is 6.26 Å². The van der Waals surface area contributed by atoms with Crippen LogP contribution in [0.3, 0.4) is 0 Å². The zero-order valence-corrected chi connectivity index (χ0v) is 14.1. The number of halogens is 1. The van der Waals surface area contributed by atoms with Gasteiger partial charge in [-0.2, -0.15) is 5.10 Å². The van der Waals surface area contributed by atoms with Crippen LogP contribution in [-0.2, 0) is 23.9 Å². The van der Waals surface area contributed by atoms with Crippen LogP contribution < -0.4 is 0 Å². The molecule has 7 heteroatoms. The van der Waals surface area contributed by atoms with E-state index in [4.69, 9.17) is 11.6 Å². The van der Waals surface area contributed by atoms with Crippen LogP contribution in [0, 0.1) is 6.92 Å². The molecule has 0 bridgehead atoms. The highest BCUT2D eigenvalue weighted by Crippen LogP contribution is 2.27. The van der Waals surface area contributed by atoms with Gasteiger partial charge in [0.25, 0.3) is 0 Å². The summed E-state index contributed by atoms with van der Waals surface area (Å²) in [7, 11) is -0.882. The molecule has 2 heterocycles. The summed E-state index contributed by atoms with van der Waals surface area (Å²) in [5.41, 5.74) is 2.78. The molecule has 2 aromatic heterocycles. The quantitative estimate of drug-likeness (QED) is 0.797. The summed E-state index contributed by atoms with van der Waals surface area (Å²) in [4.78, 5) is 4.64. The van der Waals surface area contributed by atoms with E-state index in [0.29, 0.717) is 6.54 Å². The standard InChI is InChI=1S/C13H21ClN4OS/c1-6-18-13-11(10(4)16-18)15-12(9(3)14)17(13)7-8(2)20(5)19/h8-9H,6-7H2,1-5H3. The molecular weight excluding hydrogens is 296 g/mol. The minimum absolute atomic E-state index is 0.0436. The van der Waals surface area contributed by atoms with Crippen LogP contribution in [0.5, 0.6) is 0 Å². The van der Waals surface area contributed by atoms with Gasteiger partial charge in [-0.05, 0) is 27.7 Å². The molecular formula is C13H21ClN4OS. The Morgan fingerprint density at radius 3 is 2.55 bits per heavy atom. The van der Waals surface area contributed by atoms with E-state index in [2.05, 4.69) is 21.6 Å². The first-order valence-electron chi connectivity index (χ1n) is 6.76. The summed E-state index contributed by atoms with van der Waals surface area (Å²) in [5, 5.41) is 4.35. The number of fused-ring (bicyclic) bond motifs is 1. The number of imidazole rings is 1. The normalized spacial score (nSPS) is 16.5. The van der Waals surface area contributed by atoms with E-state index in [1.807, 2.05) is 25.5 Å². The molecule has 0 aliphatic heterocycles. The minimum atomic E-state index is -0.882. The molecule has 0 aliphatic rings. The van der Waals surface area contributed by atoms with Crippen LogP contribution in [0.4, 0.5) is 0 Å². The van der Waals surface area contributed by atoms with Gasteiger partial charge in [-0.1, -0.05) is 0 Å². The summed E-state index contributed by atoms with van der Waals surface area (Å²) >= 11 is 6.26. The summed E-state index contributed by atoms with van der Waals surface area (Å²) < 4.78 is 15.7. The fraction of sp³-hybridized carbons (Fsp3) is 0.692. The molecule has 0 N–H and O–H groups in total. The monoisotopic (exact) mass is 316 g/mol. The lowest BCUT2D eigenvalue weighted by molar-refractivity contribution is 0.597. The Hall–Kier alpha value is -0.880. The van der Waals surface area contributed by atoms with E-state index in [-0.39, 0.29) is 10.6 Å². The third-order valence-corrected chi connectivity index (χ3v) is 4.97. The van der Waals surface area contributed by atoms with Crippen molar-refractivity contribution in [3.63, 3.8) is 0 Å². The Morgan fingerprint density at radius 2 is 2.05 bits per heavy atom. The van der Waals surface area contributed by atoms with Crippen molar-refractivity contribution in [2.75, 3.05) is 6.26 Å². The first-order valence-corrected chi connectivity index (χ1v) is 8.82. The average molecular weight is 317 g/mol. The number of aryl methyl sites for hydroxylation is 2. The van der Waals surface area contributed by atoms with E-state index < -0.39 is 10.8 Å². The maximum Gasteiger partial charge on any atom is 0.159 e. The molecule has 112 valence electrons. The Labute approximate surface area is 126 Å². The summed E-state index contributed by atoms with van der Waals surface area (Å²) in [6, 6.07) is 0. The first kappa shape index (κ1) is 15.5. The maximum absolute atomic E-state index is 11.7. The van der Waals surface area contributed by atoms with Gasteiger partial charge < -0.3 is 4.57 Å². The number of alkyl halides is 1. The van der Waals surface area contributed by atoms with Gasteiger partial charge in [0.1, 0.15) is 11.3 Å². The van der Waals surface area contributed by atoms with Gasteiger partial charge in [0.05, 0.1) is 11.1 Å². The predicted octanol–water partition coefficient (Wildman–Crippen LogP) is 2.63. The van der Waals surface area contributed by atoms with Gasteiger partial charge in [-0.3, -0.25) is 4.21 Å². The van der Waals surface area contributed by atoms with E-state index >= 15 is 0 Å². The zero-order chi connectivity index (χ0) is 15.0. The predicted molar refractivity (Wildman–Crippen MR) is 83.7 cm³/mol. The van der Waals surface area contributed by atoms with Crippen molar-refractivity contribution in [1.29, 1.82) is 0 Å². The molecule has 0 radical (unpaired) electrons. The number of aromatic nitrogens is 4. The molecule has 0 fully saturated rings. The molecule has 3 unspecified atom stereocenters. The van der Waals surface area contributed by atoms with Gasteiger partial charge >= 0.3 is 0 Å². The van der Waals surface area contributed by atoms with Crippen LogP contribution >= 0.6 is 11.6 Å². The fourth-order valence-corrected chi connectivity index (χ4v) is 2.83. The van der Waals surface area contributed by atoms with Gasteiger partial charge in [0.15, 0.2) is 5.65 Å². The van der Waals surface area contributed by atoms with Crippen LogP contribution in [0.2, 0.25) is 0 Å². The molecule has 20 heavy (non-hydrogen) atoms. The SMILES string of the molecule is CCn1nc(C)c2nc(C(C)Cl)n(CC(C)S(C)=O)c21. The first-order chi connectivity index (χ1) is 9.36. The van der Waals surface area contributed by atoms with E-state index in [9.17, 15) is 4.21 Å². The average Bonchev–Trinajstić information content (AvgIpc) is 2.88. The van der Waals surface area contributed by atoms with Crippen LogP contribution in [0.15, 0.2) is 0 Å². The van der Waals surface area contributed by atoms with E-state index in [1.165, 1.54) is 0 Å². The van der Waals surface area contributed by atoms with Crippen molar-refractivity contribution in [3.05, 3.63) is 11.5 Å². The van der Waals surface area contributed by atoms with Crippen molar-refractivity contribution in [1.82, 2.24) is 19.3 Å². The topological polar surface area (TPSA) is 52.7 Å². The van der Waals surface area contributed by atoms with Crippen molar-refractivity contribution in [2.45, 2.75) is 51.4 Å². The third-order valence-electron chi connectivity index (χ3n) is 3.49. The highest BCUT2D eigenvalue weighted by Gasteiger charge is 2.22. The van der Waals surface area contributed by atoms with E-state index in [0.717, 1.165) is 29.2 Å². The third kappa shape index (κ3) is 2.63.